The number of piperazine rings is 1. The number of methoxy groups -OCH3 is 1. The lowest BCUT2D eigenvalue weighted by molar-refractivity contribution is 0.0982. The summed E-state index contributed by atoms with van der Waals surface area (Å²) in [6.45, 7) is 6.62. The maximum atomic E-state index is 14.2. The van der Waals surface area contributed by atoms with Crippen molar-refractivity contribution >= 4 is 33.0 Å². The first kappa shape index (κ1) is 31.4. The van der Waals surface area contributed by atoms with Crippen LogP contribution in [0.5, 0.6) is 5.75 Å². The Morgan fingerprint density at radius 1 is 1.02 bits per heavy atom. The van der Waals surface area contributed by atoms with Crippen molar-refractivity contribution in [3.63, 3.8) is 0 Å². The first-order chi connectivity index (χ1) is 20.5. The predicted octanol–water partition coefficient (Wildman–Crippen LogP) is 4.07. The molecule has 0 bridgehead atoms. The van der Waals surface area contributed by atoms with Crippen LogP contribution < -0.4 is 13.9 Å². The van der Waals surface area contributed by atoms with Gasteiger partial charge in [0, 0.05) is 88.7 Å². The van der Waals surface area contributed by atoms with Crippen molar-refractivity contribution in [3.05, 3.63) is 76.1 Å². The van der Waals surface area contributed by atoms with Gasteiger partial charge in [0.25, 0.3) is 0 Å². The van der Waals surface area contributed by atoms with Crippen molar-refractivity contribution in [3.8, 4) is 5.75 Å². The summed E-state index contributed by atoms with van der Waals surface area (Å²) < 4.78 is 45.5. The van der Waals surface area contributed by atoms with Gasteiger partial charge in [-0.05, 0) is 49.7 Å². The Hall–Kier alpha value is -2.99. The Labute approximate surface area is 259 Å². The third-order valence-corrected chi connectivity index (χ3v) is 10.1. The second-order valence-electron chi connectivity index (χ2n) is 11.5. The van der Waals surface area contributed by atoms with Crippen molar-refractivity contribution in [2.75, 3.05) is 75.9 Å². The third-order valence-electron chi connectivity index (χ3n) is 8.61. The van der Waals surface area contributed by atoms with E-state index < -0.39 is 15.8 Å². The van der Waals surface area contributed by atoms with E-state index in [1.807, 2.05) is 0 Å². The van der Waals surface area contributed by atoms with E-state index in [0.29, 0.717) is 40.3 Å². The molecule has 0 radical (unpaired) electrons. The van der Waals surface area contributed by atoms with Crippen LogP contribution in [0.2, 0.25) is 5.02 Å². The van der Waals surface area contributed by atoms with Crippen LogP contribution in [0.4, 0.5) is 15.8 Å². The molecule has 2 aliphatic heterocycles. The zero-order valence-electron chi connectivity index (χ0n) is 25.3. The second kappa shape index (κ2) is 13.3. The van der Waals surface area contributed by atoms with Gasteiger partial charge >= 0.3 is 0 Å². The number of hydrogen-bond acceptors (Lipinski definition) is 8. The number of benzene rings is 2. The number of sulfonamides is 1. The predicted molar refractivity (Wildman–Crippen MR) is 170 cm³/mol. The van der Waals surface area contributed by atoms with Crippen LogP contribution in [0.15, 0.2) is 42.6 Å². The number of piperidine rings is 1. The summed E-state index contributed by atoms with van der Waals surface area (Å²) in [7, 11) is 1.75. The number of rotatable bonds is 9. The van der Waals surface area contributed by atoms with Gasteiger partial charge in [0.15, 0.2) is 0 Å². The molecule has 0 amide bonds. The maximum Gasteiger partial charge on any atom is 0.232 e. The molecule has 5 rings (SSSR count). The molecule has 3 heterocycles. The zero-order chi connectivity index (χ0) is 30.7. The maximum absolute atomic E-state index is 14.2. The first-order valence-corrected chi connectivity index (χ1v) is 16.8. The van der Waals surface area contributed by atoms with Gasteiger partial charge in [-0.25, -0.2) is 22.8 Å². The van der Waals surface area contributed by atoms with Crippen LogP contribution in [0.25, 0.3) is 0 Å². The standard InChI is InChI=1S/C31H40ClFN6O3S/c1-36-13-15-39(16-14-36)25-9-11-38(12-10-25)26-7-5-22(30(20-26)42-3)19-31-34-21-27(32)28(35-31)18-23-17-24(33)6-8-29(23)37(2)43(4,40)41/h5-8,17,20-21,25H,9-16,18-19H2,1-4H3. The van der Waals surface area contributed by atoms with Gasteiger partial charge < -0.3 is 14.5 Å². The van der Waals surface area contributed by atoms with Gasteiger partial charge in [0.05, 0.1) is 29.8 Å². The fourth-order valence-corrected chi connectivity index (χ4v) is 6.63. The van der Waals surface area contributed by atoms with Crippen molar-refractivity contribution in [2.24, 2.45) is 0 Å². The Morgan fingerprint density at radius 3 is 2.42 bits per heavy atom. The Kier molecular flexibility index (Phi) is 9.75. The molecule has 0 aliphatic carbocycles. The van der Waals surface area contributed by atoms with E-state index in [0.717, 1.165) is 79.7 Å². The van der Waals surface area contributed by atoms with E-state index in [9.17, 15) is 12.8 Å². The fourth-order valence-electron chi connectivity index (χ4n) is 5.94. The highest BCUT2D eigenvalue weighted by molar-refractivity contribution is 7.92. The van der Waals surface area contributed by atoms with Crippen LogP contribution in [0, 0.1) is 5.82 Å². The van der Waals surface area contributed by atoms with Gasteiger partial charge in [-0.15, -0.1) is 0 Å². The summed E-state index contributed by atoms with van der Waals surface area (Å²) in [5.41, 5.74) is 3.39. The lowest BCUT2D eigenvalue weighted by atomic mass is 10.0. The van der Waals surface area contributed by atoms with Gasteiger partial charge in [0.2, 0.25) is 10.0 Å². The number of hydrogen-bond donors (Lipinski definition) is 0. The molecule has 0 atom stereocenters. The number of aromatic nitrogens is 2. The molecule has 3 aromatic rings. The normalized spacial score (nSPS) is 17.3. The Bertz CT molecular complexity index is 1540. The van der Waals surface area contributed by atoms with Crippen molar-refractivity contribution in [1.82, 2.24) is 19.8 Å². The SMILES string of the molecule is COc1cc(N2CCC(N3CCN(C)CC3)CC2)ccc1Cc1ncc(Cl)c(Cc2cc(F)ccc2N(C)S(C)(=O)=O)n1. The molecule has 2 saturated heterocycles. The van der Waals surface area contributed by atoms with E-state index >= 15 is 0 Å². The molecule has 0 N–H and O–H groups in total. The average molecular weight is 631 g/mol. The van der Waals surface area contributed by atoms with Crippen LogP contribution in [-0.4, -0.2) is 101 Å². The second-order valence-corrected chi connectivity index (χ2v) is 13.9. The monoisotopic (exact) mass is 630 g/mol. The largest absolute Gasteiger partial charge is 0.496 e. The van der Waals surface area contributed by atoms with E-state index in [-0.39, 0.29) is 6.42 Å². The molecule has 232 valence electrons. The lowest BCUT2D eigenvalue weighted by Crippen LogP contribution is -2.52. The smallest absolute Gasteiger partial charge is 0.232 e. The summed E-state index contributed by atoms with van der Waals surface area (Å²) >= 11 is 6.46. The molecule has 0 saturated carbocycles. The zero-order valence-corrected chi connectivity index (χ0v) is 26.8. The minimum atomic E-state index is -3.55. The Balaban J connectivity index is 1.29. The van der Waals surface area contributed by atoms with Crippen LogP contribution in [0.1, 0.15) is 35.5 Å². The molecule has 2 aliphatic rings. The number of halogens is 2. The number of nitrogens with zero attached hydrogens (tertiary/aromatic N) is 6. The quantitative estimate of drug-likeness (QED) is 0.350. The van der Waals surface area contributed by atoms with Gasteiger partial charge in [-0.3, -0.25) is 9.21 Å². The van der Waals surface area contributed by atoms with Crippen molar-refractivity contribution in [1.29, 1.82) is 0 Å². The number of anilines is 2. The van der Waals surface area contributed by atoms with Crippen LogP contribution >= 0.6 is 11.6 Å². The van der Waals surface area contributed by atoms with E-state index in [1.54, 1.807) is 7.11 Å². The summed E-state index contributed by atoms with van der Waals surface area (Å²) in [5, 5.41) is 0.322. The first-order valence-electron chi connectivity index (χ1n) is 14.6. The highest BCUT2D eigenvalue weighted by atomic mass is 35.5. The molecule has 0 unspecified atom stereocenters. The molecule has 12 heteroatoms. The molecular formula is C31H40ClFN6O3S. The van der Waals surface area contributed by atoms with Gasteiger partial charge in [-0.2, -0.15) is 0 Å². The topological polar surface area (TPSA) is 82.1 Å². The van der Waals surface area contributed by atoms with Crippen LogP contribution in [-0.2, 0) is 22.9 Å². The van der Waals surface area contributed by atoms with E-state index in [1.165, 1.54) is 31.4 Å². The number of ether oxygens (including phenoxy) is 1. The number of likely N-dealkylation sites (N-methyl/N-ethyl adjacent to an activating group) is 1. The molecule has 43 heavy (non-hydrogen) atoms. The molecule has 1 aromatic heterocycles. The fraction of sp³-hybridized carbons (Fsp3) is 0.484. The summed E-state index contributed by atoms with van der Waals surface area (Å²) in [6.07, 6.45) is 5.50. The average Bonchev–Trinajstić information content (AvgIpc) is 2.99. The summed E-state index contributed by atoms with van der Waals surface area (Å²) in [6, 6.07) is 10.9. The highest BCUT2D eigenvalue weighted by Crippen LogP contribution is 2.31. The summed E-state index contributed by atoms with van der Waals surface area (Å²) in [4.78, 5) is 16.6. The minimum Gasteiger partial charge on any atom is -0.496 e. The van der Waals surface area contributed by atoms with E-state index in [2.05, 4.69) is 44.9 Å². The van der Waals surface area contributed by atoms with Crippen molar-refractivity contribution < 1.29 is 17.5 Å². The van der Waals surface area contributed by atoms with E-state index in [4.69, 9.17) is 21.3 Å². The van der Waals surface area contributed by atoms with Gasteiger partial charge in [-0.1, -0.05) is 17.7 Å². The molecule has 2 aromatic carbocycles. The summed E-state index contributed by atoms with van der Waals surface area (Å²) in [5.74, 6) is 0.827. The molecule has 0 spiro atoms. The van der Waals surface area contributed by atoms with Crippen molar-refractivity contribution in [2.45, 2.75) is 31.7 Å². The van der Waals surface area contributed by atoms with Gasteiger partial charge in [0.1, 0.15) is 17.4 Å². The third kappa shape index (κ3) is 7.57. The molecule has 9 nitrogen and oxygen atoms in total. The minimum absolute atomic E-state index is 0.140. The lowest BCUT2D eigenvalue weighted by Gasteiger charge is -2.42. The van der Waals surface area contributed by atoms with Crippen LogP contribution in [0.3, 0.4) is 0 Å². The highest BCUT2D eigenvalue weighted by Gasteiger charge is 2.27. The Morgan fingerprint density at radius 2 is 1.74 bits per heavy atom. The molecular weight excluding hydrogens is 591 g/mol. The molecule has 2 fully saturated rings.